The molecular formula is C22H27N7O2. The zero-order chi connectivity index (χ0) is 21.8. The summed E-state index contributed by atoms with van der Waals surface area (Å²) in [6, 6.07) is 9.52. The van der Waals surface area contributed by atoms with Crippen molar-refractivity contribution >= 4 is 23.4 Å². The van der Waals surface area contributed by atoms with E-state index in [0.29, 0.717) is 17.3 Å². The topological polar surface area (TPSA) is 117 Å². The van der Waals surface area contributed by atoms with Gasteiger partial charge in [-0.2, -0.15) is 10.1 Å². The molecule has 1 aliphatic rings. The van der Waals surface area contributed by atoms with Crippen molar-refractivity contribution in [3.05, 3.63) is 47.3 Å². The van der Waals surface area contributed by atoms with Crippen molar-refractivity contribution in [1.82, 2.24) is 25.5 Å². The number of carbonyl (C=O) groups is 1. The molecule has 2 aromatic heterocycles. The molecular weight excluding hydrogens is 394 g/mol. The highest BCUT2D eigenvalue weighted by atomic mass is 16.5. The van der Waals surface area contributed by atoms with Crippen LogP contribution >= 0.6 is 0 Å². The van der Waals surface area contributed by atoms with Crippen molar-refractivity contribution < 1.29 is 9.53 Å². The molecule has 3 aromatic rings. The van der Waals surface area contributed by atoms with Crippen LogP contribution in [0.3, 0.4) is 0 Å². The number of urea groups is 1. The molecule has 0 unspecified atom stereocenters. The lowest BCUT2D eigenvalue weighted by Crippen LogP contribution is -2.36. The van der Waals surface area contributed by atoms with E-state index < -0.39 is 0 Å². The van der Waals surface area contributed by atoms with E-state index in [9.17, 15) is 4.79 Å². The molecule has 2 heterocycles. The molecule has 1 aliphatic carbocycles. The molecule has 0 saturated heterocycles. The maximum atomic E-state index is 12.2. The van der Waals surface area contributed by atoms with Gasteiger partial charge >= 0.3 is 12.0 Å². The average molecular weight is 422 g/mol. The van der Waals surface area contributed by atoms with Crippen molar-refractivity contribution in [1.29, 1.82) is 0 Å². The summed E-state index contributed by atoms with van der Waals surface area (Å²) in [7, 11) is 0. The first-order valence-electron chi connectivity index (χ1n) is 10.5. The molecule has 9 heteroatoms. The van der Waals surface area contributed by atoms with Gasteiger partial charge in [0.05, 0.1) is 5.69 Å². The normalized spacial score (nSPS) is 13.8. The van der Waals surface area contributed by atoms with Gasteiger partial charge in [0.15, 0.2) is 0 Å². The van der Waals surface area contributed by atoms with Crippen LogP contribution in [0.5, 0.6) is 11.8 Å². The van der Waals surface area contributed by atoms with Gasteiger partial charge in [-0.05, 0) is 57.4 Å². The van der Waals surface area contributed by atoms with Gasteiger partial charge in [0.2, 0.25) is 0 Å². The van der Waals surface area contributed by atoms with Crippen LogP contribution in [0.1, 0.15) is 42.6 Å². The predicted molar refractivity (Wildman–Crippen MR) is 119 cm³/mol. The molecule has 4 N–H and O–H groups in total. The van der Waals surface area contributed by atoms with Gasteiger partial charge in [-0.15, -0.1) is 0 Å². The number of nitrogens with one attached hydrogen (secondary N) is 4. The Kier molecular flexibility index (Phi) is 6.01. The summed E-state index contributed by atoms with van der Waals surface area (Å²) >= 11 is 0. The summed E-state index contributed by atoms with van der Waals surface area (Å²) < 4.78 is 5.92. The highest BCUT2D eigenvalue weighted by Gasteiger charge is 2.17. The Labute approximate surface area is 181 Å². The molecule has 9 nitrogen and oxygen atoms in total. The van der Waals surface area contributed by atoms with Crippen molar-refractivity contribution in [3.8, 4) is 11.8 Å². The van der Waals surface area contributed by atoms with E-state index in [2.05, 4.69) is 36.1 Å². The summed E-state index contributed by atoms with van der Waals surface area (Å²) in [4.78, 5) is 21.0. The van der Waals surface area contributed by atoms with Crippen molar-refractivity contribution in [2.24, 2.45) is 0 Å². The Morgan fingerprint density at radius 3 is 2.58 bits per heavy atom. The van der Waals surface area contributed by atoms with Crippen LogP contribution in [0.15, 0.2) is 30.3 Å². The van der Waals surface area contributed by atoms with Gasteiger partial charge in [0.1, 0.15) is 17.4 Å². The van der Waals surface area contributed by atoms with Crippen LogP contribution in [0.4, 0.5) is 22.1 Å². The largest absolute Gasteiger partial charge is 0.424 e. The number of aromatic amines is 1. The van der Waals surface area contributed by atoms with Gasteiger partial charge in [0, 0.05) is 29.6 Å². The number of H-pyrrole nitrogens is 1. The minimum atomic E-state index is -0.174. The fraction of sp³-hybridized carbons (Fsp3) is 0.364. The van der Waals surface area contributed by atoms with Gasteiger partial charge in [0.25, 0.3) is 0 Å². The third kappa shape index (κ3) is 5.50. The van der Waals surface area contributed by atoms with E-state index in [1.807, 2.05) is 39.0 Å². The molecule has 0 bridgehead atoms. The Bertz CT molecular complexity index is 1070. The third-order valence-corrected chi connectivity index (χ3v) is 5.13. The van der Waals surface area contributed by atoms with E-state index in [1.54, 1.807) is 12.1 Å². The number of aromatic nitrogens is 4. The lowest BCUT2D eigenvalue weighted by atomic mass is 10.2. The number of anilines is 3. The molecule has 1 aromatic carbocycles. The van der Waals surface area contributed by atoms with Crippen LogP contribution in [0.2, 0.25) is 0 Å². The summed E-state index contributed by atoms with van der Waals surface area (Å²) in [5.41, 5.74) is 3.22. The van der Waals surface area contributed by atoms with E-state index in [4.69, 9.17) is 4.74 Å². The minimum Gasteiger partial charge on any atom is -0.424 e. The molecule has 0 spiro atoms. The van der Waals surface area contributed by atoms with Gasteiger partial charge in [-0.3, -0.25) is 5.10 Å². The number of benzene rings is 1. The number of amides is 2. The van der Waals surface area contributed by atoms with Gasteiger partial charge in [-0.1, -0.05) is 12.8 Å². The quantitative estimate of drug-likeness (QED) is 0.457. The van der Waals surface area contributed by atoms with Crippen molar-refractivity contribution in [2.45, 2.75) is 52.5 Å². The van der Waals surface area contributed by atoms with E-state index >= 15 is 0 Å². The van der Waals surface area contributed by atoms with E-state index in [0.717, 1.165) is 35.6 Å². The lowest BCUT2D eigenvalue weighted by Gasteiger charge is -2.14. The maximum Gasteiger partial charge on any atom is 0.324 e. The molecule has 162 valence electrons. The zero-order valence-electron chi connectivity index (χ0n) is 18.0. The number of rotatable bonds is 6. The molecule has 4 rings (SSSR count). The number of hydrogen-bond acceptors (Lipinski definition) is 6. The minimum absolute atomic E-state index is 0.174. The predicted octanol–water partition coefficient (Wildman–Crippen LogP) is 4.72. The van der Waals surface area contributed by atoms with Crippen LogP contribution in [-0.2, 0) is 0 Å². The van der Waals surface area contributed by atoms with E-state index in [-0.39, 0.29) is 18.1 Å². The number of ether oxygens (including phenoxy) is 1. The fourth-order valence-corrected chi connectivity index (χ4v) is 3.64. The average Bonchev–Trinajstić information content (AvgIpc) is 3.35. The first kappa shape index (κ1) is 20.6. The Balaban J connectivity index is 1.42. The molecule has 0 aliphatic heterocycles. The molecule has 1 fully saturated rings. The molecule has 0 atom stereocenters. The Morgan fingerprint density at radius 1 is 1.06 bits per heavy atom. The number of nitrogens with zero attached hydrogens (tertiary/aromatic N) is 3. The highest BCUT2D eigenvalue weighted by molar-refractivity contribution is 5.89. The number of carbonyl (C=O) groups excluding carboxylic acids is 1. The number of hydrogen-bond donors (Lipinski definition) is 4. The molecule has 2 amide bonds. The molecule has 1 saturated carbocycles. The zero-order valence-corrected chi connectivity index (χ0v) is 18.0. The Morgan fingerprint density at radius 2 is 1.87 bits per heavy atom. The second kappa shape index (κ2) is 9.03. The summed E-state index contributed by atoms with van der Waals surface area (Å²) in [6.45, 7) is 5.69. The second-order valence-electron chi connectivity index (χ2n) is 7.89. The van der Waals surface area contributed by atoms with Crippen LogP contribution < -0.4 is 20.7 Å². The lowest BCUT2D eigenvalue weighted by molar-refractivity contribution is 0.248. The smallest absolute Gasteiger partial charge is 0.324 e. The first-order valence-corrected chi connectivity index (χ1v) is 10.5. The number of aryl methyl sites for hydroxylation is 3. The van der Waals surface area contributed by atoms with Crippen molar-refractivity contribution in [2.75, 3.05) is 10.6 Å². The standard InChI is InChI=1S/C22H27N7O2/c1-13-10-17(25-21(30)24-16-6-4-5-7-16)8-9-18(13)31-22-23-14(2)11-19(27-22)26-20-12-15(3)28-29-20/h8-12,16H,4-7H2,1-3H3,(H2,24,25,30)(H2,23,26,27,28,29). The fourth-order valence-electron chi connectivity index (χ4n) is 3.64. The molecule has 31 heavy (non-hydrogen) atoms. The van der Waals surface area contributed by atoms with Gasteiger partial charge in [-0.25, -0.2) is 9.78 Å². The highest BCUT2D eigenvalue weighted by Crippen LogP contribution is 2.27. The van der Waals surface area contributed by atoms with Crippen LogP contribution in [-0.4, -0.2) is 32.2 Å². The van der Waals surface area contributed by atoms with E-state index in [1.165, 1.54) is 12.8 Å². The summed E-state index contributed by atoms with van der Waals surface area (Å²) in [5, 5.41) is 16.1. The maximum absolute atomic E-state index is 12.2. The van der Waals surface area contributed by atoms with Gasteiger partial charge < -0.3 is 20.7 Å². The van der Waals surface area contributed by atoms with Crippen molar-refractivity contribution in [3.63, 3.8) is 0 Å². The summed E-state index contributed by atoms with van der Waals surface area (Å²) in [6.07, 6.45) is 4.45. The summed E-state index contributed by atoms with van der Waals surface area (Å²) in [5.74, 6) is 1.96. The first-order chi connectivity index (χ1) is 14.9. The second-order valence-corrected chi connectivity index (χ2v) is 7.89. The SMILES string of the molecule is Cc1cc(Nc2cc(C)nc(Oc3ccc(NC(=O)NC4CCCC4)cc3C)n2)[nH]n1. The van der Waals surface area contributed by atoms with Crippen LogP contribution in [0.25, 0.3) is 0 Å². The Hall–Kier alpha value is -3.62. The van der Waals surface area contributed by atoms with Crippen LogP contribution in [0, 0.1) is 20.8 Å². The third-order valence-electron chi connectivity index (χ3n) is 5.13. The monoisotopic (exact) mass is 421 g/mol. The molecule has 0 radical (unpaired) electrons.